The van der Waals surface area contributed by atoms with E-state index in [9.17, 15) is 4.79 Å². The number of thiazole rings is 1. The summed E-state index contributed by atoms with van der Waals surface area (Å²) < 4.78 is 5.53. The van der Waals surface area contributed by atoms with Crippen LogP contribution in [0, 0.1) is 0 Å². The molecule has 1 aromatic carbocycles. The zero-order valence-electron chi connectivity index (χ0n) is 11.8. The third kappa shape index (κ3) is 2.91. The summed E-state index contributed by atoms with van der Waals surface area (Å²) in [6.07, 6.45) is 1.66. The summed E-state index contributed by atoms with van der Waals surface area (Å²) in [5.74, 6) is -0.131. The van der Waals surface area contributed by atoms with E-state index in [1.165, 1.54) is 11.3 Å². The van der Waals surface area contributed by atoms with E-state index in [1.54, 1.807) is 0 Å². The molecule has 1 unspecified atom stereocenters. The SMILES string of the molecule is CC1(C(=O)Nc2nc(-c3cccc(N)c3)cs2)CCCO1. The monoisotopic (exact) mass is 303 g/mol. The second kappa shape index (κ2) is 5.46. The predicted octanol–water partition coefficient (Wildman–Crippen LogP) is 2.90. The van der Waals surface area contributed by atoms with Gasteiger partial charge < -0.3 is 10.5 Å². The summed E-state index contributed by atoms with van der Waals surface area (Å²) in [5.41, 5.74) is 7.48. The minimum Gasteiger partial charge on any atom is -0.399 e. The van der Waals surface area contributed by atoms with Crippen LogP contribution in [0.4, 0.5) is 10.8 Å². The second-order valence-corrected chi connectivity index (χ2v) is 6.16. The number of nitrogen functional groups attached to an aromatic ring is 1. The molecule has 1 aromatic heterocycles. The van der Waals surface area contributed by atoms with E-state index in [0.29, 0.717) is 17.4 Å². The lowest BCUT2D eigenvalue weighted by molar-refractivity contribution is -0.133. The zero-order chi connectivity index (χ0) is 14.9. The van der Waals surface area contributed by atoms with Crippen molar-refractivity contribution in [2.45, 2.75) is 25.4 Å². The lowest BCUT2D eigenvalue weighted by Crippen LogP contribution is -2.39. The topological polar surface area (TPSA) is 77.2 Å². The molecule has 2 aromatic rings. The third-order valence-corrected chi connectivity index (χ3v) is 4.36. The van der Waals surface area contributed by atoms with Crippen molar-refractivity contribution in [3.8, 4) is 11.3 Å². The number of benzene rings is 1. The minimum atomic E-state index is -0.733. The highest BCUT2D eigenvalue weighted by Crippen LogP contribution is 2.29. The molecule has 0 spiro atoms. The van der Waals surface area contributed by atoms with Crippen molar-refractivity contribution in [3.05, 3.63) is 29.6 Å². The van der Waals surface area contributed by atoms with Gasteiger partial charge in [-0.15, -0.1) is 11.3 Å². The quantitative estimate of drug-likeness (QED) is 0.855. The molecule has 1 aliphatic rings. The molecule has 6 heteroatoms. The van der Waals surface area contributed by atoms with E-state index >= 15 is 0 Å². The minimum absolute atomic E-state index is 0.131. The van der Waals surface area contributed by atoms with Gasteiger partial charge in [0.2, 0.25) is 0 Å². The highest BCUT2D eigenvalue weighted by atomic mass is 32.1. The molecule has 1 aliphatic heterocycles. The molecular formula is C15H17N3O2S. The first-order chi connectivity index (χ1) is 10.1. The number of hydrogen-bond acceptors (Lipinski definition) is 5. The van der Waals surface area contributed by atoms with Gasteiger partial charge in [0.05, 0.1) is 5.69 Å². The van der Waals surface area contributed by atoms with Gasteiger partial charge in [-0.1, -0.05) is 12.1 Å². The van der Waals surface area contributed by atoms with Gasteiger partial charge in [-0.05, 0) is 31.9 Å². The highest BCUT2D eigenvalue weighted by Gasteiger charge is 2.38. The number of rotatable bonds is 3. The Morgan fingerprint density at radius 1 is 1.52 bits per heavy atom. The fraction of sp³-hybridized carbons (Fsp3) is 0.333. The van der Waals surface area contributed by atoms with E-state index < -0.39 is 5.60 Å². The Hall–Kier alpha value is -1.92. The van der Waals surface area contributed by atoms with Crippen LogP contribution in [0.5, 0.6) is 0 Å². The molecule has 3 rings (SSSR count). The molecule has 0 bridgehead atoms. The van der Waals surface area contributed by atoms with Gasteiger partial charge in [-0.3, -0.25) is 10.1 Å². The van der Waals surface area contributed by atoms with Crippen LogP contribution >= 0.6 is 11.3 Å². The molecule has 0 aliphatic carbocycles. The highest BCUT2D eigenvalue weighted by molar-refractivity contribution is 7.14. The normalized spacial score (nSPS) is 21.4. The summed E-state index contributed by atoms with van der Waals surface area (Å²) in [7, 11) is 0. The number of carbonyl (C=O) groups is 1. The Kier molecular flexibility index (Phi) is 3.65. The van der Waals surface area contributed by atoms with Crippen molar-refractivity contribution < 1.29 is 9.53 Å². The van der Waals surface area contributed by atoms with Crippen molar-refractivity contribution in [1.29, 1.82) is 0 Å². The number of hydrogen-bond donors (Lipinski definition) is 2. The van der Waals surface area contributed by atoms with Crippen LogP contribution in [0.15, 0.2) is 29.6 Å². The maximum Gasteiger partial charge on any atom is 0.258 e. The Morgan fingerprint density at radius 2 is 2.38 bits per heavy atom. The maximum atomic E-state index is 12.2. The largest absolute Gasteiger partial charge is 0.399 e. The second-order valence-electron chi connectivity index (χ2n) is 5.30. The summed E-state index contributed by atoms with van der Waals surface area (Å²) in [6.45, 7) is 2.46. The van der Waals surface area contributed by atoms with Crippen molar-refractivity contribution in [2.24, 2.45) is 0 Å². The number of amides is 1. The predicted molar refractivity (Wildman–Crippen MR) is 84.2 cm³/mol. The van der Waals surface area contributed by atoms with Crippen LogP contribution in [-0.4, -0.2) is 23.1 Å². The van der Waals surface area contributed by atoms with Gasteiger partial charge in [-0.2, -0.15) is 0 Å². The number of nitrogens with one attached hydrogen (secondary N) is 1. The van der Waals surface area contributed by atoms with Crippen LogP contribution in [0.25, 0.3) is 11.3 Å². The standard InChI is InChI=1S/C15H17N3O2S/c1-15(6-3-7-20-15)13(19)18-14-17-12(9-21-14)10-4-2-5-11(16)8-10/h2,4-5,8-9H,3,6-7,16H2,1H3,(H,17,18,19). The van der Waals surface area contributed by atoms with E-state index in [0.717, 1.165) is 24.1 Å². The summed E-state index contributed by atoms with van der Waals surface area (Å²) >= 11 is 1.40. The number of ether oxygens (including phenoxy) is 1. The van der Waals surface area contributed by atoms with Gasteiger partial charge in [-0.25, -0.2) is 4.98 Å². The molecule has 0 radical (unpaired) electrons. The third-order valence-electron chi connectivity index (χ3n) is 3.61. The van der Waals surface area contributed by atoms with Crippen molar-refractivity contribution in [2.75, 3.05) is 17.7 Å². The average Bonchev–Trinajstić information content (AvgIpc) is 3.09. The molecular weight excluding hydrogens is 286 g/mol. The van der Waals surface area contributed by atoms with Crippen LogP contribution in [0.3, 0.4) is 0 Å². The maximum absolute atomic E-state index is 12.2. The van der Waals surface area contributed by atoms with Crippen molar-refractivity contribution in [3.63, 3.8) is 0 Å². The molecule has 1 amide bonds. The van der Waals surface area contributed by atoms with E-state index in [1.807, 2.05) is 36.6 Å². The number of anilines is 2. The smallest absolute Gasteiger partial charge is 0.258 e. The van der Waals surface area contributed by atoms with Crippen molar-refractivity contribution >= 4 is 28.1 Å². The van der Waals surface area contributed by atoms with Gasteiger partial charge in [0.25, 0.3) is 5.91 Å². The molecule has 21 heavy (non-hydrogen) atoms. The van der Waals surface area contributed by atoms with E-state index in [-0.39, 0.29) is 5.91 Å². The lowest BCUT2D eigenvalue weighted by atomic mass is 10.0. The molecule has 110 valence electrons. The first kappa shape index (κ1) is 14.0. The fourth-order valence-electron chi connectivity index (χ4n) is 2.35. The average molecular weight is 303 g/mol. The van der Waals surface area contributed by atoms with Gasteiger partial charge >= 0.3 is 0 Å². The summed E-state index contributed by atoms with van der Waals surface area (Å²) in [5, 5.41) is 5.32. The van der Waals surface area contributed by atoms with Gasteiger partial charge in [0, 0.05) is 23.2 Å². The van der Waals surface area contributed by atoms with E-state index in [2.05, 4.69) is 10.3 Å². The molecule has 1 atom stereocenters. The zero-order valence-corrected chi connectivity index (χ0v) is 12.6. The van der Waals surface area contributed by atoms with E-state index in [4.69, 9.17) is 10.5 Å². The molecule has 2 heterocycles. The van der Waals surface area contributed by atoms with Crippen LogP contribution in [0.1, 0.15) is 19.8 Å². The van der Waals surface area contributed by atoms with Gasteiger partial charge in [0.15, 0.2) is 5.13 Å². The molecule has 1 saturated heterocycles. The van der Waals surface area contributed by atoms with Crippen LogP contribution in [0.2, 0.25) is 0 Å². The van der Waals surface area contributed by atoms with Crippen LogP contribution in [-0.2, 0) is 9.53 Å². The Bertz CT molecular complexity index is 662. The van der Waals surface area contributed by atoms with Crippen LogP contribution < -0.4 is 11.1 Å². The Labute approximate surface area is 127 Å². The summed E-state index contributed by atoms with van der Waals surface area (Å²) in [4.78, 5) is 16.7. The molecule has 0 saturated carbocycles. The molecule has 1 fully saturated rings. The van der Waals surface area contributed by atoms with Crippen molar-refractivity contribution in [1.82, 2.24) is 4.98 Å². The van der Waals surface area contributed by atoms with Gasteiger partial charge in [0.1, 0.15) is 5.60 Å². The fourth-order valence-corrected chi connectivity index (χ4v) is 3.06. The number of nitrogens with zero attached hydrogens (tertiary/aromatic N) is 1. The Balaban J connectivity index is 1.75. The Morgan fingerprint density at radius 3 is 3.10 bits per heavy atom. The number of nitrogens with two attached hydrogens (primary N) is 1. The molecule has 5 nitrogen and oxygen atoms in total. The first-order valence-corrected chi connectivity index (χ1v) is 7.72. The first-order valence-electron chi connectivity index (χ1n) is 6.84. The summed E-state index contributed by atoms with van der Waals surface area (Å²) in [6, 6.07) is 7.52. The number of aromatic nitrogens is 1. The number of carbonyl (C=O) groups excluding carboxylic acids is 1. The molecule has 3 N–H and O–H groups in total. The lowest BCUT2D eigenvalue weighted by Gasteiger charge is -2.20.